The molecule has 1 unspecified atom stereocenters. The number of aryl methyl sites for hydroxylation is 1. The van der Waals surface area contributed by atoms with E-state index in [1.54, 1.807) is 0 Å². The van der Waals surface area contributed by atoms with E-state index in [1.807, 2.05) is 6.92 Å². The van der Waals surface area contributed by atoms with E-state index in [-0.39, 0.29) is 11.5 Å². The zero-order valence-corrected chi connectivity index (χ0v) is 10.5. The summed E-state index contributed by atoms with van der Waals surface area (Å²) in [6.45, 7) is 10.6. The van der Waals surface area contributed by atoms with Crippen LogP contribution in [0.15, 0.2) is 18.2 Å². The van der Waals surface area contributed by atoms with Gasteiger partial charge in [-0.25, -0.2) is 0 Å². The number of benzene rings is 1. The molecule has 0 heterocycles. The first-order valence-electron chi connectivity index (χ1n) is 5.59. The highest BCUT2D eigenvalue weighted by atomic mass is 16.3. The summed E-state index contributed by atoms with van der Waals surface area (Å²) in [5, 5.41) is 9.36. The molecule has 1 aromatic carbocycles. The van der Waals surface area contributed by atoms with Crippen molar-refractivity contribution in [1.29, 1.82) is 0 Å². The molecule has 0 aliphatic heterocycles. The van der Waals surface area contributed by atoms with Gasteiger partial charge in [0.25, 0.3) is 0 Å². The van der Waals surface area contributed by atoms with Gasteiger partial charge in [-0.05, 0) is 42.4 Å². The van der Waals surface area contributed by atoms with Crippen molar-refractivity contribution in [3.63, 3.8) is 0 Å². The summed E-state index contributed by atoms with van der Waals surface area (Å²) in [5.74, 6) is 0. The molecule has 84 valence electrons. The standard InChI is InChI=1S/C14H22O/c1-10-8-13(14(3,4)5)7-6-12(10)9-11(2)15/h6-8,11,15H,9H2,1-5H3. The summed E-state index contributed by atoms with van der Waals surface area (Å²) in [6, 6.07) is 6.55. The van der Waals surface area contributed by atoms with E-state index in [9.17, 15) is 5.11 Å². The Morgan fingerprint density at radius 3 is 2.27 bits per heavy atom. The van der Waals surface area contributed by atoms with Crippen LogP contribution < -0.4 is 0 Å². The molecule has 0 aliphatic rings. The Balaban J connectivity index is 2.98. The lowest BCUT2D eigenvalue weighted by atomic mass is 9.85. The average molecular weight is 206 g/mol. The highest BCUT2D eigenvalue weighted by molar-refractivity contribution is 5.34. The second-order valence-electron chi connectivity index (χ2n) is 5.44. The third-order valence-electron chi connectivity index (χ3n) is 2.72. The van der Waals surface area contributed by atoms with E-state index in [0.29, 0.717) is 0 Å². The fourth-order valence-electron chi connectivity index (χ4n) is 1.71. The average Bonchev–Trinajstić information content (AvgIpc) is 2.05. The summed E-state index contributed by atoms with van der Waals surface area (Å²) in [5.41, 5.74) is 4.09. The van der Waals surface area contributed by atoms with Crippen molar-refractivity contribution in [1.82, 2.24) is 0 Å². The molecule has 1 atom stereocenters. The maximum atomic E-state index is 9.36. The summed E-state index contributed by atoms with van der Waals surface area (Å²) < 4.78 is 0. The van der Waals surface area contributed by atoms with E-state index < -0.39 is 0 Å². The molecule has 0 saturated carbocycles. The molecule has 0 radical (unpaired) electrons. The fraction of sp³-hybridized carbons (Fsp3) is 0.571. The van der Waals surface area contributed by atoms with Crippen LogP contribution in [0.4, 0.5) is 0 Å². The predicted molar refractivity (Wildman–Crippen MR) is 65.3 cm³/mol. The molecule has 1 heteroatoms. The minimum atomic E-state index is -0.260. The smallest absolute Gasteiger partial charge is 0.0552 e. The van der Waals surface area contributed by atoms with Crippen molar-refractivity contribution in [2.45, 2.75) is 52.6 Å². The van der Waals surface area contributed by atoms with Crippen molar-refractivity contribution >= 4 is 0 Å². The molecule has 15 heavy (non-hydrogen) atoms. The van der Waals surface area contributed by atoms with Gasteiger partial charge in [0.05, 0.1) is 6.10 Å². The van der Waals surface area contributed by atoms with E-state index in [1.165, 1.54) is 16.7 Å². The molecule has 1 aromatic rings. The van der Waals surface area contributed by atoms with Gasteiger partial charge in [0.15, 0.2) is 0 Å². The van der Waals surface area contributed by atoms with E-state index in [2.05, 4.69) is 45.9 Å². The van der Waals surface area contributed by atoms with Gasteiger partial charge in [-0.3, -0.25) is 0 Å². The second kappa shape index (κ2) is 4.36. The third-order valence-corrected chi connectivity index (χ3v) is 2.72. The van der Waals surface area contributed by atoms with Gasteiger partial charge in [-0.15, -0.1) is 0 Å². The monoisotopic (exact) mass is 206 g/mol. The summed E-state index contributed by atoms with van der Waals surface area (Å²) in [6.07, 6.45) is 0.486. The molecule has 0 saturated heterocycles. The van der Waals surface area contributed by atoms with Crippen molar-refractivity contribution < 1.29 is 5.11 Å². The van der Waals surface area contributed by atoms with Crippen LogP contribution in [-0.4, -0.2) is 11.2 Å². The summed E-state index contributed by atoms with van der Waals surface area (Å²) >= 11 is 0. The van der Waals surface area contributed by atoms with Crippen LogP contribution in [-0.2, 0) is 11.8 Å². The third kappa shape index (κ3) is 3.35. The van der Waals surface area contributed by atoms with Gasteiger partial charge in [-0.1, -0.05) is 39.0 Å². The van der Waals surface area contributed by atoms with Crippen molar-refractivity contribution in [2.75, 3.05) is 0 Å². The topological polar surface area (TPSA) is 20.2 Å². The zero-order chi connectivity index (χ0) is 11.6. The molecule has 1 nitrogen and oxygen atoms in total. The molecule has 0 spiro atoms. The summed E-state index contributed by atoms with van der Waals surface area (Å²) in [4.78, 5) is 0. The Bertz CT molecular complexity index is 332. The lowest BCUT2D eigenvalue weighted by Crippen LogP contribution is -2.12. The van der Waals surface area contributed by atoms with Crippen LogP contribution in [0.5, 0.6) is 0 Å². The number of rotatable bonds is 2. The van der Waals surface area contributed by atoms with Crippen LogP contribution in [0.1, 0.15) is 44.4 Å². The minimum Gasteiger partial charge on any atom is -0.393 e. The molecule has 0 aromatic heterocycles. The SMILES string of the molecule is Cc1cc(C(C)(C)C)ccc1CC(C)O. The van der Waals surface area contributed by atoms with Gasteiger partial charge < -0.3 is 5.11 Å². The van der Waals surface area contributed by atoms with E-state index in [0.717, 1.165) is 6.42 Å². The Hall–Kier alpha value is -0.820. The molecule has 0 amide bonds. The zero-order valence-electron chi connectivity index (χ0n) is 10.5. The summed E-state index contributed by atoms with van der Waals surface area (Å²) in [7, 11) is 0. The predicted octanol–water partition coefficient (Wildman–Crippen LogP) is 3.22. The minimum absolute atomic E-state index is 0.203. The Morgan fingerprint density at radius 1 is 1.27 bits per heavy atom. The van der Waals surface area contributed by atoms with Gasteiger partial charge >= 0.3 is 0 Å². The molecular formula is C14H22O. The normalized spacial score (nSPS) is 14.0. The van der Waals surface area contributed by atoms with Crippen molar-refractivity contribution in [2.24, 2.45) is 0 Å². The maximum Gasteiger partial charge on any atom is 0.0552 e. The lowest BCUT2D eigenvalue weighted by molar-refractivity contribution is 0.195. The molecule has 1 rings (SSSR count). The van der Waals surface area contributed by atoms with Gasteiger partial charge in [0.2, 0.25) is 0 Å². The number of hydrogen-bond acceptors (Lipinski definition) is 1. The lowest BCUT2D eigenvalue weighted by Gasteiger charge is -2.20. The van der Waals surface area contributed by atoms with Gasteiger partial charge in [0.1, 0.15) is 0 Å². The highest BCUT2D eigenvalue weighted by Crippen LogP contribution is 2.24. The number of aliphatic hydroxyl groups excluding tert-OH is 1. The van der Waals surface area contributed by atoms with Crippen molar-refractivity contribution in [3.05, 3.63) is 34.9 Å². The van der Waals surface area contributed by atoms with Gasteiger partial charge in [0, 0.05) is 0 Å². The number of hydrogen-bond donors (Lipinski definition) is 1. The molecular weight excluding hydrogens is 184 g/mol. The number of aliphatic hydroxyl groups is 1. The Kier molecular flexibility index (Phi) is 3.56. The van der Waals surface area contributed by atoms with Crippen LogP contribution in [0.25, 0.3) is 0 Å². The van der Waals surface area contributed by atoms with Crippen LogP contribution >= 0.6 is 0 Å². The first-order chi connectivity index (χ1) is 6.80. The first-order valence-corrected chi connectivity index (χ1v) is 5.59. The maximum absolute atomic E-state index is 9.36. The fourth-order valence-corrected chi connectivity index (χ4v) is 1.71. The highest BCUT2D eigenvalue weighted by Gasteiger charge is 2.14. The first kappa shape index (κ1) is 12.3. The van der Waals surface area contributed by atoms with Crippen LogP contribution in [0.3, 0.4) is 0 Å². The molecule has 0 bridgehead atoms. The molecule has 0 aliphatic carbocycles. The van der Waals surface area contributed by atoms with Crippen LogP contribution in [0.2, 0.25) is 0 Å². The van der Waals surface area contributed by atoms with Crippen molar-refractivity contribution in [3.8, 4) is 0 Å². The largest absolute Gasteiger partial charge is 0.393 e. The quantitative estimate of drug-likeness (QED) is 0.787. The van der Waals surface area contributed by atoms with E-state index in [4.69, 9.17) is 0 Å². The Labute approximate surface area is 93.1 Å². The van der Waals surface area contributed by atoms with E-state index >= 15 is 0 Å². The molecule has 0 fully saturated rings. The van der Waals surface area contributed by atoms with Crippen LogP contribution in [0, 0.1) is 6.92 Å². The Morgan fingerprint density at radius 2 is 1.87 bits per heavy atom. The molecule has 1 N–H and O–H groups in total. The van der Waals surface area contributed by atoms with Gasteiger partial charge in [-0.2, -0.15) is 0 Å². The second-order valence-corrected chi connectivity index (χ2v) is 5.44.